The van der Waals surface area contributed by atoms with Crippen LogP contribution in [0.3, 0.4) is 0 Å². The summed E-state index contributed by atoms with van der Waals surface area (Å²) in [6, 6.07) is 0.467. The fourth-order valence-electron chi connectivity index (χ4n) is 1.15. The molecule has 0 spiro atoms. The standard InChI is InChI=1S/C9H16N2O/c1-4-12-9-7-10-5-6-11(9)8(2)3/h5,7-8H,4,6H2,1-3H3. The predicted molar refractivity (Wildman–Crippen MR) is 50.0 cm³/mol. The van der Waals surface area contributed by atoms with Crippen LogP contribution >= 0.6 is 0 Å². The van der Waals surface area contributed by atoms with Crippen molar-refractivity contribution >= 4 is 6.21 Å². The molecule has 3 heteroatoms. The van der Waals surface area contributed by atoms with Gasteiger partial charge in [0.2, 0.25) is 5.88 Å². The van der Waals surface area contributed by atoms with Crippen molar-refractivity contribution in [2.45, 2.75) is 26.8 Å². The maximum atomic E-state index is 5.43. The lowest BCUT2D eigenvalue weighted by molar-refractivity contribution is 0.110. The summed E-state index contributed by atoms with van der Waals surface area (Å²) < 4.78 is 5.43. The van der Waals surface area contributed by atoms with Gasteiger partial charge >= 0.3 is 0 Å². The van der Waals surface area contributed by atoms with Crippen molar-refractivity contribution in [3.8, 4) is 0 Å². The maximum Gasteiger partial charge on any atom is 0.208 e. The monoisotopic (exact) mass is 168 g/mol. The van der Waals surface area contributed by atoms with Crippen LogP contribution in [0.1, 0.15) is 20.8 Å². The summed E-state index contributed by atoms with van der Waals surface area (Å²) in [6.07, 6.45) is 3.66. The molecule has 0 radical (unpaired) electrons. The topological polar surface area (TPSA) is 24.8 Å². The van der Waals surface area contributed by atoms with Crippen LogP contribution in [0.5, 0.6) is 0 Å². The van der Waals surface area contributed by atoms with Gasteiger partial charge in [0.15, 0.2) is 0 Å². The molecule has 1 aliphatic heterocycles. The van der Waals surface area contributed by atoms with Gasteiger partial charge < -0.3 is 9.64 Å². The number of aliphatic imine (C=N–C) groups is 1. The first-order valence-electron chi connectivity index (χ1n) is 4.37. The van der Waals surface area contributed by atoms with E-state index >= 15 is 0 Å². The Morgan fingerprint density at radius 3 is 3.00 bits per heavy atom. The molecule has 0 saturated heterocycles. The molecule has 0 fully saturated rings. The molecule has 1 aliphatic rings. The average molecular weight is 168 g/mol. The SMILES string of the molecule is CCOC1=CN=CCN1C(C)C. The third-order valence-electron chi connectivity index (χ3n) is 1.77. The van der Waals surface area contributed by atoms with Crippen LogP contribution in [0.15, 0.2) is 17.1 Å². The zero-order chi connectivity index (χ0) is 8.97. The van der Waals surface area contributed by atoms with Crippen molar-refractivity contribution in [3.05, 3.63) is 12.1 Å². The van der Waals surface area contributed by atoms with Gasteiger partial charge in [-0.3, -0.25) is 4.99 Å². The Labute approximate surface area is 73.7 Å². The highest BCUT2D eigenvalue weighted by Gasteiger charge is 2.14. The molecule has 0 unspecified atom stereocenters. The molecule has 1 heterocycles. The zero-order valence-corrected chi connectivity index (χ0v) is 7.95. The molecule has 0 amide bonds. The minimum atomic E-state index is 0.467. The normalized spacial score (nSPS) is 16.7. The molecule has 0 N–H and O–H groups in total. The van der Waals surface area contributed by atoms with Gasteiger partial charge in [-0.25, -0.2) is 0 Å². The molecule has 68 valence electrons. The van der Waals surface area contributed by atoms with E-state index in [1.54, 1.807) is 6.20 Å². The molecule has 0 atom stereocenters. The third-order valence-corrected chi connectivity index (χ3v) is 1.77. The van der Waals surface area contributed by atoms with Crippen LogP contribution in [0.4, 0.5) is 0 Å². The van der Waals surface area contributed by atoms with E-state index in [0.717, 1.165) is 12.4 Å². The molecule has 3 nitrogen and oxygen atoms in total. The van der Waals surface area contributed by atoms with Crippen molar-refractivity contribution < 1.29 is 4.74 Å². The molecular formula is C9H16N2O. The summed E-state index contributed by atoms with van der Waals surface area (Å²) in [4.78, 5) is 6.23. The van der Waals surface area contributed by atoms with Crippen LogP contribution < -0.4 is 0 Å². The van der Waals surface area contributed by atoms with Crippen molar-refractivity contribution in [2.75, 3.05) is 13.2 Å². The van der Waals surface area contributed by atoms with E-state index in [-0.39, 0.29) is 0 Å². The number of hydrogen-bond acceptors (Lipinski definition) is 3. The summed E-state index contributed by atoms with van der Waals surface area (Å²) in [5, 5.41) is 0. The first kappa shape index (κ1) is 9.10. The Bertz CT molecular complexity index is 197. The van der Waals surface area contributed by atoms with Gasteiger partial charge in [0.25, 0.3) is 0 Å². The summed E-state index contributed by atoms with van der Waals surface area (Å²) in [7, 11) is 0. The van der Waals surface area contributed by atoms with Gasteiger partial charge in [-0.15, -0.1) is 0 Å². The van der Waals surface area contributed by atoms with E-state index in [4.69, 9.17) is 4.74 Å². The quantitative estimate of drug-likeness (QED) is 0.639. The Kier molecular flexibility index (Phi) is 3.14. The minimum Gasteiger partial charge on any atom is -0.478 e. The number of hydrogen-bond donors (Lipinski definition) is 0. The van der Waals surface area contributed by atoms with Crippen molar-refractivity contribution in [1.29, 1.82) is 0 Å². The molecule has 0 aliphatic carbocycles. The molecule has 0 aromatic rings. The van der Waals surface area contributed by atoms with E-state index < -0.39 is 0 Å². The highest BCUT2D eigenvalue weighted by atomic mass is 16.5. The van der Waals surface area contributed by atoms with E-state index in [0.29, 0.717) is 12.6 Å². The summed E-state index contributed by atoms with van der Waals surface area (Å²) in [5.41, 5.74) is 0. The van der Waals surface area contributed by atoms with Crippen LogP contribution in [-0.4, -0.2) is 30.3 Å². The summed E-state index contributed by atoms with van der Waals surface area (Å²) in [6.45, 7) is 7.82. The Morgan fingerprint density at radius 2 is 2.42 bits per heavy atom. The number of nitrogens with zero attached hydrogens (tertiary/aromatic N) is 2. The molecule has 1 rings (SSSR count). The lowest BCUT2D eigenvalue weighted by atomic mass is 10.3. The predicted octanol–water partition coefficient (Wildman–Crippen LogP) is 1.62. The molecular weight excluding hydrogens is 152 g/mol. The first-order valence-corrected chi connectivity index (χ1v) is 4.37. The Hall–Kier alpha value is -0.990. The van der Waals surface area contributed by atoms with E-state index in [9.17, 15) is 0 Å². The summed E-state index contributed by atoms with van der Waals surface area (Å²) >= 11 is 0. The van der Waals surface area contributed by atoms with Crippen LogP contribution in [0.25, 0.3) is 0 Å². The van der Waals surface area contributed by atoms with Gasteiger partial charge in [0.05, 0.1) is 19.4 Å². The highest BCUT2D eigenvalue weighted by Crippen LogP contribution is 2.12. The lowest BCUT2D eigenvalue weighted by Gasteiger charge is -2.30. The fourth-order valence-corrected chi connectivity index (χ4v) is 1.15. The smallest absolute Gasteiger partial charge is 0.208 e. The molecule has 0 aromatic heterocycles. The minimum absolute atomic E-state index is 0.467. The van der Waals surface area contributed by atoms with Gasteiger partial charge in [-0.1, -0.05) is 0 Å². The second-order valence-corrected chi connectivity index (χ2v) is 2.98. The highest BCUT2D eigenvalue weighted by molar-refractivity contribution is 5.62. The van der Waals surface area contributed by atoms with E-state index in [2.05, 4.69) is 23.7 Å². The van der Waals surface area contributed by atoms with Crippen molar-refractivity contribution in [1.82, 2.24) is 4.90 Å². The van der Waals surface area contributed by atoms with Crippen LogP contribution in [-0.2, 0) is 4.74 Å². The van der Waals surface area contributed by atoms with Gasteiger partial charge in [-0.2, -0.15) is 0 Å². The average Bonchev–Trinajstić information content (AvgIpc) is 2.05. The fraction of sp³-hybridized carbons (Fsp3) is 0.667. The van der Waals surface area contributed by atoms with E-state index in [1.807, 2.05) is 13.1 Å². The van der Waals surface area contributed by atoms with Crippen molar-refractivity contribution in [2.24, 2.45) is 4.99 Å². The Morgan fingerprint density at radius 1 is 1.67 bits per heavy atom. The molecule has 12 heavy (non-hydrogen) atoms. The van der Waals surface area contributed by atoms with Gasteiger partial charge in [-0.05, 0) is 20.8 Å². The van der Waals surface area contributed by atoms with Crippen LogP contribution in [0.2, 0.25) is 0 Å². The second-order valence-electron chi connectivity index (χ2n) is 2.98. The molecule has 0 bridgehead atoms. The second kappa shape index (κ2) is 4.14. The third kappa shape index (κ3) is 2.00. The largest absolute Gasteiger partial charge is 0.478 e. The van der Waals surface area contributed by atoms with Gasteiger partial charge in [0.1, 0.15) is 0 Å². The maximum absolute atomic E-state index is 5.43. The lowest BCUT2D eigenvalue weighted by Crippen LogP contribution is -2.34. The number of rotatable bonds is 3. The van der Waals surface area contributed by atoms with Gasteiger partial charge in [0, 0.05) is 12.3 Å². The van der Waals surface area contributed by atoms with E-state index in [1.165, 1.54) is 0 Å². The number of ether oxygens (including phenoxy) is 1. The summed E-state index contributed by atoms with van der Waals surface area (Å²) in [5.74, 6) is 0.884. The zero-order valence-electron chi connectivity index (χ0n) is 7.95. The first-order chi connectivity index (χ1) is 5.75. The molecule has 0 saturated carbocycles. The molecule has 0 aromatic carbocycles. The Balaban J connectivity index is 2.63. The van der Waals surface area contributed by atoms with Crippen molar-refractivity contribution in [3.63, 3.8) is 0 Å². The van der Waals surface area contributed by atoms with Crippen LogP contribution in [0, 0.1) is 0 Å².